The van der Waals surface area contributed by atoms with Crippen molar-refractivity contribution in [3.05, 3.63) is 127 Å². The number of nitrogen functional groups attached to an aromatic ring is 1. The predicted molar refractivity (Wildman–Crippen MR) is 150 cm³/mol. The molecule has 0 saturated carbocycles. The monoisotopic (exact) mass is 471 g/mol. The Morgan fingerprint density at radius 2 is 1.49 bits per heavy atom. The molecule has 1 unspecified atom stereocenters. The lowest BCUT2D eigenvalue weighted by Crippen LogP contribution is -2.14. The van der Waals surface area contributed by atoms with E-state index in [0.717, 1.165) is 46.6 Å². The van der Waals surface area contributed by atoms with Crippen molar-refractivity contribution in [2.45, 2.75) is 12.8 Å². The van der Waals surface area contributed by atoms with Crippen LogP contribution in [0.2, 0.25) is 0 Å². The van der Waals surface area contributed by atoms with E-state index in [1.54, 1.807) is 0 Å². The third-order valence-electron chi connectivity index (χ3n) is 6.28. The van der Waals surface area contributed by atoms with Gasteiger partial charge in [0.05, 0.1) is 11.0 Å². The van der Waals surface area contributed by atoms with Gasteiger partial charge in [-0.2, -0.15) is 0 Å². The summed E-state index contributed by atoms with van der Waals surface area (Å²) in [7, 11) is -0.722. The number of imidazole rings is 1. The molecule has 1 aromatic heterocycles. The minimum Gasteiger partial charge on any atom is -0.399 e. The number of benzene rings is 4. The Balaban J connectivity index is 1.57. The van der Waals surface area contributed by atoms with Gasteiger partial charge in [0.1, 0.15) is 5.82 Å². The maximum Gasteiger partial charge on any atom is 0.145 e. The van der Waals surface area contributed by atoms with Crippen LogP contribution in [0.15, 0.2) is 127 Å². The standard InChI is InChI=1S/C31H26N3P/c32-24-20-23(31-33-29-18-10-11-19-30(29)34(31)25-12-4-1-5-13-25)21-28(22-24)35(26-14-6-2-7-15-26)27-16-8-3-9-17-27/h1-2,4-8,10-22H,3,9,32H2. The first kappa shape index (κ1) is 21.6. The molecule has 4 heteroatoms. The molecule has 1 heterocycles. The van der Waals surface area contributed by atoms with Crippen LogP contribution in [0.4, 0.5) is 5.69 Å². The van der Waals surface area contributed by atoms with Gasteiger partial charge in [-0.25, -0.2) is 4.98 Å². The molecule has 0 radical (unpaired) electrons. The molecule has 0 fully saturated rings. The summed E-state index contributed by atoms with van der Waals surface area (Å²) in [5, 5.41) is 3.95. The van der Waals surface area contributed by atoms with Crippen molar-refractivity contribution in [1.29, 1.82) is 0 Å². The van der Waals surface area contributed by atoms with Crippen LogP contribution in [0.5, 0.6) is 0 Å². The Bertz CT molecular complexity index is 1550. The summed E-state index contributed by atoms with van der Waals surface area (Å²) >= 11 is 0. The van der Waals surface area contributed by atoms with E-state index in [9.17, 15) is 0 Å². The second-order valence-electron chi connectivity index (χ2n) is 8.69. The van der Waals surface area contributed by atoms with Gasteiger partial charge in [-0.3, -0.25) is 4.57 Å². The van der Waals surface area contributed by atoms with Crippen LogP contribution >= 0.6 is 7.92 Å². The third kappa shape index (κ3) is 4.20. The molecule has 0 aliphatic heterocycles. The first-order valence-corrected chi connectivity index (χ1v) is 13.3. The molecule has 5 aromatic rings. The Kier molecular flexibility index (Phi) is 5.78. The topological polar surface area (TPSA) is 43.8 Å². The molecular formula is C31H26N3P. The van der Waals surface area contributed by atoms with E-state index < -0.39 is 7.92 Å². The lowest BCUT2D eigenvalue weighted by atomic mass is 10.2. The van der Waals surface area contributed by atoms with Gasteiger partial charge < -0.3 is 5.73 Å². The summed E-state index contributed by atoms with van der Waals surface area (Å²) in [4.78, 5) is 5.07. The van der Waals surface area contributed by atoms with E-state index in [1.807, 2.05) is 18.2 Å². The quantitative estimate of drug-likeness (QED) is 0.223. The second-order valence-corrected chi connectivity index (χ2v) is 10.9. The molecular weight excluding hydrogens is 445 g/mol. The van der Waals surface area contributed by atoms with Gasteiger partial charge in [-0.15, -0.1) is 0 Å². The summed E-state index contributed by atoms with van der Waals surface area (Å²) in [6.45, 7) is 0. The molecule has 1 aliphatic carbocycles. The van der Waals surface area contributed by atoms with Gasteiger partial charge in [0.15, 0.2) is 0 Å². The van der Waals surface area contributed by atoms with Crippen molar-refractivity contribution in [2.24, 2.45) is 0 Å². The first-order chi connectivity index (χ1) is 17.3. The number of para-hydroxylation sites is 3. The summed E-state index contributed by atoms with van der Waals surface area (Å²) in [5.41, 5.74) is 11.5. The number of hydrogen-bond donors (Lipinski definition) is 1. The average Bonchev–Trinajstić information content (AvgIpc) is 3.30. The van der Waals surface area contributed by atoms with Crippen molar-refractivity contribution in [1.82, 2.24) is 9.55 Å². The SMILES string of the molecule is Nc1cc(-c2nc3ccccc3n2-c2ccccc2)cc(P(C2=CCCC=C2)c2ccccc2)c1. The fraction of sp³-hybridized carbons (Fsp3) is 0.0645. The van der Waals surface area contributed by atoms with Crippen LogP contribution in [0.3, 0.4) is 0 Å². The number of allylic oxidation sites excluding steroid dienone is 4. The molecule has 0 saturated heterocycles. The zero-order valence-corrected chi connectivity index (χ0v) is 20.3. The highest BCUT2D eigenvalue weighted by molar-refractivity contribution is 7.77. The molecule has 6 rings (SSSR count). The highest BCUT2D eigenvalue weighted by Crippen LogP contribution is 2.46. The highest BCUT2D eigenvalue weighted by atomic mass is 31.1. The summed E-state index contributed by atoms with van der Waals surface area (Å²) in [6.07, 6.45) is 9.15. The summed E-state index contributed by atoms with van der Waals surface area (Å²) in [6, 6.07) is 36.0. The van der Waals surface area contributed by atoms with Crippen LogP contribution in [-0.4, -0.2) is 9.55 Å². The highest BCUT2D eigenvalue weighted by Gasteiger charge is 2.21. The fourth-order valence-electron chi connectivity index (χ4n) is 4.74. The maximum absolute atomic E-state index is 6.56. The number of hydrogen-bond acceptors (Lipinski definition) is 2. The molecule has 0 spiro atoms. The van der Waals surface area contributed by atoms with Gasteiger partial charge in [-0.1, -0.05) is 78.9 Å². The van der Waals surface area contributed by atoms with Gasteiger partial charge in [0, 0.05) is 16.9 Å². The number of nitrogens with two attached hydrogens (primary N) is 1. The minimum absolute atomic E-state index is 0.722. The Labute approximate surface area is 207 Å². The van der Waals surface area contributed by atoms with E-state index in [-0.39, 0.29) is 0 Å². The molecule has 0 bridgehead atoms. The smallest absolute Gasteiger partial charge is 0.145 e. The molecule has 3 nitrogen and oxygen atoms in total. The van der Waals surface area contributed by atoms with Gasteiger partial charge in [0.2, 0.25) is 0 Å². The van der Waals surface area contributed by atoms with Crippen molar-refractivity contribution in [2.75, 3.05) is 5.73 Å². The molecule has 1 atom stereocenters. The molecule has 0 amide bonds. The normalized spacial score (nSPS) is 14.1. The Morgan fingerprint density at radius 3 is 2.26 bits per heavy atom. The number of anilines is 1. The van der Waals surface area contributed by atoms with Crippen molar-refractivity contribution < 1.29 is 0 Å². The molecule has 35 heavy (non-hydrogen) atoms. The summed E-state index contributed by atoms with van der Waals surface area (Å²) < 4.78 is 2.23. The lowest BCUT2D eigenvalue weighted by molar-refractivity contribution is 1.03. The van der Waals surface area contributed by atoms with E-state index in [1.165, 1.54) is 15.9 Å². The molecule has 170 valence electrons. The lowest BCUT2D eigenvalue weighted by Gasteiger charge is -2.23. The number of aromatic nitrogens is 2. The van der Waals surface area contributed by atoms with E-state index in [4.69, 9.17) is 10.7 Å². The number of nitrogens with zero attached hydrogens (tertiary/aromatic N) is 2. The fourth-order valence-corrected chi connectivity index (χ4v) is 7.22. The maximum atomic E-state index is 6.56. The van der Waals surface area contributed by atoms with Gasteiger partial charge >= 0.3 is 0 Å². The number of rotatable bonds is 5. The van der Waals surface area contributed by atoms with E-state index >= 15 is 0 Å². The first-order valence-electron chi connectivity index (χ1n) is 11.9. The zero-order chi connectivity index (χ0) is 23.6. The predicted octanol–water partition coefficient (Wildman–Crippen LogP) is 6.94. The van der Waals surface area contributed by atoms with Crippen LogP contribution < -0.4 is 16.3 Å². The van der Waals surface area contributed by atoms with Gasteiger partial charge in [-0.05, 0) is 79.2 Å². The van der Waals surface area contributed by atoms with E-state index in [2.05, 4.69) is 108 Å². The minimum atomic E-state index is -0.722. The zero-order valence-electron chi connectivity index (χ0n) is 19.4. The average molecular weight is 472 g/mol. The Hall–Kier alpha value is -3.94. The number of fused-ring (bicyclic) bond motifs is 1. The molecule has 1 aliphatic rings. The van der Waals surface area contributed by atoms with Crippen molar-refractivity contribution in [3.63, 3.8) is 0 Å². The van der Waals surface area contributed by atoms with Crippen molar-refractivity contribution in [3.8, 4) is 17.1 Å². The second kappa shape index (κ2) is 9.37. The van der Waals surface area contributed by atoms with Crippen LogP contribution in [0, 0.1) is 0 Å². The van der Waals surface area contributed by atoms with Crippen LogP contribution in [-0.2, 0) is 0 Å². The Morgan fingerprint density at radius 1 is 0.743 bits per heavy atom. The molecule has 2 N–H and O–H groups in total. The molecule has 4 aromatic carbocycles. The van der Waals surface area contributed by atoms with E-state index in [0.29, 0.717) is 0 Å². The van der Waals surface area contributed by atoms with Gasteiger partial charge in [0.25, 0.3) is 0 Å². The third-order valence-corrected chi connectivity index (χ3v) is 8.72. The van der Waals surface area contributed by atoms with Crippen LogP contribution in [0.1, 0.15) is 12.8 Å². The van der Waals surface area contributed by atoms with Crippen molar-refractivity contribution >= 4 is 35.3 Å². The largest absolute Gasteiger partial charge is 0.399 e. The summed E-state index contributed by atoms with van der Waals surface area (Å²) in [5.74, 6) is 0.905. The van der Waals surface area contributed by atoms with Crippen LogP contribution in [0.25, 0.3) is 28.1 Å².